The summed E-state index contributed by atoms with van der Waals surface area (Å²) in [6.07, 6.45) is 1.62. The Balaban J connectivity index is 1.63. The van der Waals surface area contributed by atoms with Crippen LogP contribution in [0.2, 0.25) is 0 Å². The first-order chi connectivity index (χ1) is 11.6. The molecule has 0 atom stereocenters. The van der Waals surface area contributed by atoms with Crippen LogP contribution in [0.5, 0.6) is 5.75 Å². The van der Waals surface area contributed by atoms with Gasteiger partial charge in [-0.3, -0.25) is 4.79 Å². The van der Waals surface area contributed by atoms with Crippen molar-refractivity contribution in [3.05, 3.63) is 80.6 Å². The summed E-state index contributed by atoms with van der Waals surface area (Å²) in [5.41, 5.74) is 1.52. The normalized spacial score (nSPS) is 14.8. The largest absolute Gasteiger partial charge is 0.457 e. The number of Topliss-reactive ketones (excluding diaryl/α,β-unsaturated/α-hetero) is 1. The van der Waals surface area contributed by atoms with E-state index < -0.39 is 0 Å². The molecule has 1 aliphatic heterocycles. The smallest absolute Gasteiger partial charge is 0.232 e. The summed E-state index contributed by atoms with van der Waals surface area (Å²) in [6.45, 7) is 0. The molecule has 0 amide bonds. The van der Waals surface area contributed by atoms with Crippen LogP contribution in [0.4, 0.5) is 0 Å². The Morgan fingerprint density at radius 2 is 1.62 bits per heavy atom. The Kier molecular flexibility index (Phi) is 3.90. The lowest BCUT2D eigenvalue weighted by molar-refractivity contribution is 0.101. The Morgan fingerprint density at radius 3 is 2.42 bits per heavy atom. The quantitative estimate of drug-likeness (QED) is 0.448. The summed E-state index contributed by atoms with van der Waals surface area (Å²) >= 11 is 6.77. The number of ketones is 1. The van der Waals surface area contributed by atoms with Crippen LogP contribution in [0.3, 0.4) is 0 Å². The lowest BCUT2D eigenvalue weighted by atomic mass is 10.1. The average molecular weight is 446 g/mol. The second-order valence-corrected chi connectivity index (χ2v) is 7.12. The molecule has 0 spiro atoms. The molecule has 1 aliphatic rings. The van der Waals surface area contributed by atoms with Crippen molar-refractivity contribution >= 4 is 43.7 Å². The maximum atomic E-state index is 12.4. The lowest BCUT2D eigenvalue weighted by Gasteiger charge is -1.98. The molecule has 3 aromatic rings. The van der Waals surface area contributed by atoms with Crippen molar-refractivity contribution in [3.63, 3.8) is 0 Å². The molecule has 5 heteroatoms. The van der Waals surface area contributed by atoms with E-state index >= 15 is 0 Å². The predicted octanol–water partition coefficient (Wildman–Crippen LogP) is 6.09. The summed E-state index contributed by atoms with van der Waals surface area (Å²) in [6, 6.07) is 16.9. The highest BCUT2D eigenvalue weighted by atomic mass is 79.9. The van der Waals surface area contributed by atoms with Gasteiger partial charge in [-0.25, -0.2) is 0 Å². The van der Waals surface area contributed by atoms with Crippen molar-refractivity contribution in [3.8, 4) is 17.1 Å². The number of hydrogen-bond donors (Lipinski definition) is 0. The van der Waals surface area contributed by atoms with Gasteiger partial charge in [0.05, 0.1) is 5.56 Å². The van der Waals surface area contributed by atoms with Crippen LogP contribution < -0.4 is 4.74 Å². The molecule has 24 heavy (non-hydrogen) atoms. The van der Waals surface area contributed by atoms with E-state index in [4.69, 9.17) is 9.15 Å². The number of benzene rings is 2. The van der Waals surface area contributed by atoms with E-state index in [9.17, 15) is 4.79 Å². The molecule has 0 saturated heterocycles. The summed E-state index contributed by atoms with van der Waals surface area (Å²) in [7, 11) is 0. The van der Waals surface area contributed by atoms with Crippen LogP contribution >= 0.6 is 31.9 Å². The maximum Gasteiger partial charge on any atom is 0.232 e. The van der Waals surface area contributed by atoms with Gasteiger partial charge in [0.25, 0.3) is 0 Å². The second kappa shape index (κ2) is 6.07. The molecule has 4 rings (SSSR count). The fourth-order valence-electron chi connectivity index (χ4n) is 2.49. The fraction of sp³-hybridized carbons (Fsp3) is 0. The third-order valence-corrected chi connectivity index (χ3v) is 4.68. The molecule has 0 radical (unpaired) electrons. The van der Waals surface area contributed by atoms with Crippen LogP contribution in [0.1, 0.15) is 16.1 Å². The van der Waals surface area contributed by atoms with E-state index in [-0.39, 0.29) is 11.5 Å². The standard InChI is InChI=1S/C19H10Br2O3/c20-12-3-1-11(2-4-12)16-8-6-14(23-16)10-18-19(22)15-9-13(21)5-7-17(15)24-18/h1-10H/b18-10-. The Bertz CT molecular complexity index is 969. The van der Waals surface area contributed by atoms with Gasteiger partial charge in [-0.1, -0.05) is 44.0 Å². The molecular formula is C19H10Br2O3. The first kappa shape index (κ1) is 15.4. The number of carbonyl (C=O) groups excluding carboxylic acids is 1. The Hall–Kier alpha value is -2.11. The maximum absolute atomic E-state index is 12.4. The van der Waals surface area contributed by atoms with Gasteiger partial charge in [-0.2, -0.15) is 0 Å². The van der Waals surface area contributed by atoms with E-state index in [0.717, 1.165) is 20.3 Å². The molecule has 3 nitrogen and oxygen atoms in total. The van der Waals surface area contributed by atoms with Crippen molar-refractivity contribution < 1.29 is 13.9 Å². The Morgan fingerprint density at radius 1 is 0.875 bits per heavy atom. The molecule has 0 aliphatic carbocycles. The SMILES string of the molecule is O=C1/C(=C/c2ccc(-c3ccc(Br)cc3)o2)Oc2ccc(Br)cc21. The van der Waals surface area contributed by atoms with Gasteiger partial charge >= 0.3 is 0 Å². The minimum atomic E-state index is -0.145. The van der Waals surface area contributed by atoms with Crippen LogP contribution in [0, 0.1) is 0 Å². The minimum absolute atomic E-state index is 0.145. The number of fused-ring (bicyclic) bond motifs is 1. The first-order valence-electron chi connectivity index (χ1n) is 7.20. The fourth-order valence-corrected chi connectivity index (χ4v) is 3.12. The van der Waals surface area contributed by atoms with Crippen molar-refractivity contribution in [1.29, 1.82) is 0 Å². The number of halogens is 2. The molecule has 0 fully saturated rings. The molecule has 0 bridgehead atoms. The molecule has 0 N–H and O–H groups in total. The zero-order valence-electron chi connectivity index (χ0n) is 12.3. The van der Waals surface area contributed by atoms with Crippen LogP contribution in [-0.2, 0) is 0 Å². The summed E-state index contributed by atoms with van der Waals surface area (Å²) in [4.78, 5) is 12.4. The Labute approximate surface area is 155 Å². The lowest BCUT2D eigenvalue weighted by Crippen LogP contribution is -1.97. The molecule has 2 heterocycles. The van der Waals surface area contributed by atoms with Gasteiger partial charge in [-0.05, 0) is 42.5 Å². The van der Waals surface area contributed by atoms with Gasteiger partial charge in [0.2, 0.25) is 5.78 Å². The van der Waals surface area contributed by atoms with E-state index in [1.807, 2.05) is 42.5 Å². The molecule has 118 valence electrons. The average Bonchev–Trinajstić information content (AvgIpc) is 3.15. The second-order valence-electron chi connectivity index (χ2n) is 5.29. The van der Waals surface area contributed by atoms with Gasteiger partial charge in [0, 0.05) is 20.6 Å². The van der Waals surface area contributed by atoms with Crippen molar-refractivity contribution in [2.75, 3.05) is 0 Å². The summed E-state index contributed by atoms with van der Waals surface area (Å²) < 4.78 is 13.3. The third kappa shape index (κ3) is 2.85. The molecule has 1 aromatic heterocycles. The van der Waals surface area contributed by atoms with Crippen molar-refractivity contribution in [2.24, 2.45) is 0 Å². The zero-order chi connectivity index (χ0) is 16.7. The molecule has 2 aromatic carbocycles. The van der Waals surface area contributed by atoms with Crippen LogP contribution in [0.25, 0.3) is 17.4 Å². The van der Waals surface area contributed by atoms with Crippen LogP contribution in [0.15, 0.2) is 73.7 Å². The van der Waals surface area contributed by atoms with Gasteiger partial charge in [0.15, 0.2) is 5.76 Å². The monoisotopic (exact) mass is 444 g/mol. The third-order valence-electron chi connectivity index (χ3n) is 3.66. The number of hydrogen-bond acceptors (Lipinski definition) is 3. The number of carbonyl (C=O) groups is 1. The van der Waals surface area contributed by atoms with E-state index in [1.165, 1.54) is 0 Å². The number of allylic oxidation sites excluding steroid dienone is 1. The number of rotatable bonds is 2. The first-order valence-corrected chi connectivity index (χ1v) is 8.78. The summed E-state index contributed by atoms with van der Waals surface area (Å²) in [5.74, 6) is 1.99. The highest BCUT2D eigenvalue weighted by Crippen LogP contribution is 2.34. The number of ether oxygens (including phenoxy) is 1. The van der Waals surface area contributed by atoms with Gasteiger partial charge in [0.1, 0.15) is 17.3 Å². The van der Waals surface area contributed by atoms with E-state index in [1.54, 1.807) is 18.2 Å². The van der Waals surface area contributed by atoms with Crippen LogP contribution in [-0.4, -0.2) is 5.78 Å². The minimum Gasteiger partial charge on any atom is -0.457 e. The van der Waals surface area contributed by atoms with E-state index in [0.29, 0.717) is 17.1 Å². The predicted molar refractivity (Wildman–Crippen MR) is 98.9 cm³/mol. The molecule has 0 unspecified atom stereocenters. The highest BCUT2D eigenvalue weighted by Gasteiger charge is 2.27. The zero-order valence-corrected chi connectivity index (χ0v) is 15.4. The van der Waals surface area contributed by atoms with Gasteiger partial charge in [-0.15, -0.1) is 0 Å². The number of furan rings is 1. The van der Waals surface area contributed by atoms with Crippen molar-refractivity contribution in [2.45, 2.75) is 0 Å². The van der Waals surface area contributed by atoms with Crippen molar-refractivity contribution in [1.82, 2.24) is 0 Å². The highest BCUT2D eigenvalue weighted by molar-refractivity contribution is 9.10. The topological polar surface area (TPSA) is 39.4 Å². The molecule has 0 saturated carbocycles. The van der Waals surface area contributed by atoms with Gasteiger partial charge < -0.3 is 9.15 Å². The molecular weight excluding hydrogens is 436 g/mol. The summed E-state index contributed by atoms with van der Waals surface area (Å²) in [5, 5.41) is 0. The van der Waals surface area contributed by atoms with E-state index in [2.05, 4.69) is 31.9 Å².